The Morgan fingerprint density at radius 2 is 1.77 bits per heavy atom. The van der Waals surface area contributed by atoms with Crippen molar-refractivity contribution in [1.82, 2.24) is 15.5 Å². The Morgan fingerprint density at radius 1 is 1.18 bits per heavy atom. The van der Waals surface area contributed by atoms with Crippen LogP contribution in [0.4, 0.5) is 0 Å². The van der Waals surface area contributed by atoms with Gasteiger partial charge in [-0.15, -0.1) is 24.8 Å². The lowest BCUT2D eigenvalue weighted by Crippen LogP contribution is -2.54. The number of amides is 1. The van der Waals surface area contributed by atoms with E-state index in [1.54, 1.807) is 7.11 Å². The molecule has 7 heteroatoms. The Bertz CT molecular complexity index is 284. The molecule has 1 heterocycles. The topological polar surface area (TPSA) is 53.6 Å². The minimum absolute atomic E-state index is 0. The average molecular weight is 358 g/mol. The molecular formula is C15H33Cl2N3O2. The van der Waals surface area contributed by atoms with Gasteiger partial charge in [0.2, 0.25) is 0 Å². The number of nitrogens with one attached hydrogen (secondary N) is 2. The van der Waals surface area contributed by atoms with Gasteiger partial charge in [-0.25, -0.2) is 0 Å². The quantitative estimate of drug-likeness (QED) is 0.618. The van der Waals surface area contributed by atoms with Gasteiger partial charge in [0.15, 0.2) is 0 Å². The first kappa shape index (κ1) is 24.2. The van der Waals surface area contributed by atoms with E-state index < -0.39 is 5.60 Å². The number of hydrogen-bond donors (Lipinski definition) is 2. The molecule has 0 aromatic heterocycles. The lowest BCUT2D eigenvalue weighted by Gasteiger charge is -2.34. The van der Waals surface area contributed by atoms with Gasteiger partial charge in [0.1, 0.15) is 5.60 Å². The number of unbranched alkanes of at least 4 members (excludes halogenated alkanes) is 1. The van der Waals surface area contributed by atoms with Crippen LogP contribution in [0.5, 0.6) is 0 Å². The zero-order valence-electron chi connectivity index (χ0n) is 14.2. The number of nitrogens with zero attached hydrogens (tertiary/aromatic N) is 1. The van der Waals surface area contributed by atoms with Crippen molar-refractivity contribution >= 4 is 30.7 Å². The molecule has 0 unspecified atom stereocenters. The van der Waals surface area contributed by atoms with Gasteiger partial charge in [0.25, 0.3) is 5.91 Å². The van der Waals surface area contributed by atoms with Gasteiger partial charge >= 0.3 is 0 Å². The fraction of sp³-hybridized carbons (Fsp3) is 0.933. The Morgan fingerprint density at radius 3 is 2.27 bits per heavy atom. The molecule has 1 fully saturated rings. The van der Waals surface area contributed by atoms with Crippen molar-refractivity contribution in [3.05, 3.63) is 0 Å². The lowest BCUT2D eigenvalue weighted by atomic mass is 9.91. The van der Waals surface area contributed by atoms with Crippen molar-refractivity contribution in [1.29, 1.82) is 0 Å². The number of hydrogen-bond acceptors (Lipinski definition) is 4. The molecule has 1 aliphatic rings. The van der Waals surface area contributed by atoms with Crippen LogP contribution in [0.25, 0.3) is 0 Å². The molecule has 0 aromatic carbocycles. The first-order valence-electron chi connectivity index (χ1n) is 7.95. The van der Waals surface area contributed by atoms with Crippen LogP contribution >= 0.6 is 24.8 Å². The van der Waals surface area contributed by atoms with E-state index in [2.05, 4.69) is 29.4 Å². The molecule has 0 aromatic rings. The van der Waals surface area contributed by atoms with Crippen LogP contribution in [0.1, 0.15) is 39.5 Å². The molecule has 0 bridgehead atoms. The molecule has 0 aliphatic carbocycles. The summed E-state index contributed by atoms with van der Waals surface area (Å²) in [7, 11) is 1.64. The fourth-order valence-corrected chi connectivity index (χ4v) is 2.72. The van der Waals surface area contributed by atoms with E-state index in [9.17, 15) is 4.79 Å². The van der Waals surface area contributed by atoms with Crippen LogP contribution in [0, 0.1) is 0 Å². The summed E-state index contributed by atoms with van der Waals surface area (Å²) in [4.78, 5) is 14.7. The van der Waals surface area contributed by atoms with Gasteiger partial charge in [0, 0.05) is 13.7 Å². The number of rotatable bonds is 9. The van der Waals surface area contributed by atoms with E-state index in [0.29, 0.717) is 0 Å². The minimum Gasteiger partial charge on any atom is -0.368 e. The molecule has 0 radical (unpaired) electrons. The van der Waals surface area contributed by atoms with Gasteiger partial charge in [-0.05, 0) is 58.4 Å². The minimum atomic E-state index is -0.607. The van der Waals surface area contributed by atoms with Crippen molar-refractivity contribution in [3.63, 3.8) is 0 Å². The van der Waals surface area contributed by atoms with E-state index in [1.807, 2.05) is 0 Å². The molecule has 1 rings (SSSR count). The third-order valence-corrected chi connectivity index (χ3v) is 4.30. The molecular weight excluding hydrogens is 325 g/mol. The number of methoxy groups -OCH3 is 1. The monoisotopic (exact) mass is 357 g/mol. The first-order chi connectivity index (χ1) is 9.68. The Hall–Kier alpha value is -0.0700. The number of piperidine rings is 1. The maximum atomic E-state index is 12.3. The second-order valence-electron chi connectivity index (χ2n) is 5.44. The number of carbonyl (C=O) groups is 1. The summed E-state index contributed by atoms with van der Waals surface area (Å²) in [6.45, 7) is 10.1. The highest BCUT2D eigenvalue weighted by molar-refractivity contribution is 5.86. The van der Waals surface area contributed by atoms with Crippen molar-refractivity contribution in [2.24, 2.45) is 0 Å². The number of carbonyl (C=O) groups excluding carboxylic acids is 1. The smallest absolute Gasteiger partial charge is 0.252 e. The van der Waals surface area contributed by atoms with Crippen molar-refractivity contribution in [2.45, 2.75) is 45.1 Å². The van der Waals surface area contributed by atoms with Crippen LogP contribution in [0.2, 0.25) is 0 Å². The van der Waals surface area contributed by atoms with E-state index in [-0.39, 0.29) is 30.7 Å². The zero-order valence-corrected chi connectivity index (χ0v) is 15.8. The van der Waals surface area contributed by atoms with E-state index >= 15 is 0 Å². The largest absolute Gasteiger partial charge is 0.368 e. The predicted molar refractivity (Wildman–Crippen MR) is 96.4 cm³/mol. The third kappa shape index (κ3) is 7.47. The van der Waals surface area contributed by atoms with Gasteiger partial charge in [-0.1, -0.05) is 13.8 Å². The van der Waals surface area contributed by atoms with Crippen molar-refractivity contribution in [3.8, 4) is 0 Å². The normalized spacial score (nSPS) is 16.5. The molecule has 1 saturated heterocycles. The molecule has 134 valence electrons. The van der Waals surface area contributed by atoms with E-state index in [4.69, 9.17) is 4.74 Å². The lowest BCUT2D eigenvalue weighted by molar-refractivity contribution is -0.146. The Kier molecular flexibility index (Phi) is 14.7. The second kappa shape index (κ2) is 13.4. The molecule has 1 aliphatic heterocycles. The number of halogens is 2. The fourth-order valence-electron chi connectivity index (χ4n) is 2.72. The van der Waals surface area contributed by atoms with E-state index in [0.717, 1.165) is 65.0 Å². The van der Waals surface area contributed by atoms with Crippen LogP contribution in [-0.2, 0) is 9.53 Å². The standard InChI is InChI=1S/C15H31N3O2.2ClH/c1-4-18(5-2)13-7-6-10-17-14(19)15(20-3)8-11-16-12-9-15;;/h16H,4-13H2,1-3H3,(H,17,19);2*1H. The SMILES string of the molecule is CCN(CC)CCCCNC(=O)C1(OC)CCNCC1.Cl.Cl. The van der Waals surface area contributed by atoms with Gasteiger partial charge in [-0.3, -0.25) is 4.79 Å². The molecule has 2 N–H and O–H groups in total. The van der Waals surface area contributed by atoms with Gasteiger partial charge < -0.3 is 20.3 Å². The molecule has 0 saturated carbocycles. The summed E-state index contributed by atoms with van der Waals surface area (Å²) in [6, 6.07) is 0. The number of ether oxygens (including phenoxy) is 1. The zero-order chi connectivity index (χ0) is 14.8. The van der Waals surface area contributed by atoms with Crippen molar-refractivity contribution in [2.75, 3.05) is 46.4 Å². The highest BCUT2D eigenvalue weighted by Crippen LogP contribution is 2.22. The van der Waals surface area contributed by atoms with Gasteiger partial charge in [0.05, 0.1) is 0 Å². The average Bonchev–Trinajstić information content (AvgIpc) is 2.51. The Labute approximate surface area is 147 Å². The van der Waals surface area contributed by atoms with Crippen LogP contribution in [0.15, 0.2) is 0 Å². The highest BCUT2D eigenvalue weighted by Gasteiger charge is 2.39. The van der Waals surface area contributed by atoms with Crippen LogP contribution in [-0.4, -0.2) is 62.8 Å². The van der Waals surface area contributed by atoms with E-state index in [1.165, 1.54) is 0 Å². The van der Waals surface area contributed by atoms with Gasteiger partial charge in [-0.2, -0.15) is 0 Å². The molecule has 0 spiro atoms. The summed E-state index contributed by atoms with van der Waals surface area (Å²) >= 11 is 0. The molecule has 1 amide bonds. The maximum Gasteiger partial charge on any atom is 0.252 e. The first-order valence-corrected chi connectivity index (χ1v) is 7.95. The molecule has 0 atom stereocenters. The summed E-state index contributed by atoms with van der Waals surface area (Å²) in [5.74, 6) is 0.0596. The third-order valence-electron chi connectivity index (χ3n) is 4.30. The summed E-state index contributed by atoms with van der Waals surface area (Å²) in [6.07, 6.45) is 3.67. The summed E-state index contributed by atoms with van der Waals surface area (Å²) in [5.41, 5.74) is -0.607. The van der Waals surface area contributed by atoms with Crippen LogP contribution in [0.3, 0.4) is 0 Å². The highest BCUT2D eigenvalue weighted by atomic mass is 35.5. The summed E-state index contributed by atoms with van der Waals surface area (Å²) < 4.78 is 5.51. The maximum absolute atomic E-state index is 12.3. The van der Waals surface area contributed by atoms with Crippen LogP contribution < -0.4 is 10.6 Å². The van der Waals surface area contributed by atoms with Crippen molar-refractivity contribution < 1.29 is 9.53 Å². The molecule has 22 heavy (non-hydrogen) atoms. The summed E-state index contributed by atoms with van der Waals surface area (Å²) in [5, 5.41) is 6.31. The second-order valence-corrected chi connectivity index (χ2v) is 5.44. The Balaban J connectivity index is 0. The predicted octanol–water partition coefficient (Wildman–Crippen LogP) is 1.84. The molecule has 5 nitrogen and oxygen atoms in total.